The van der Waals surface area contributed by atoms with E-state index in [1.54, 1.807) is 6.07 Å². The Morgan fingerprint density at radius 2 is 1.79 bits per heavy atom. The highest BCUT2D eigenvalue weighted by molar-refractivity contribution is 5.80. The Labute approximate surface area is 171 Å². The first kappa shape index (κ1) is 21.5. The Hall–Kier alpha value is -2.22. The Morgan fingerprint density at radius 1 is 1.07 bits per heavy atom. The van der Waals surface area contributed by atoms with Crippen LogP contribution in [0.2, 0.25) is 0 Å². The van der Waals surface area contributed by atoms with Crippen LogP contribution < -0.4 is 5.32 Å². The van der Waals surface area contributed by atoms with Gasteiger partial charge in [-0.2, -0.15) is 0 Å². The van der Waals surface area contributed by atoms with E-state index in [1.165, 1.54) is 6.07 Å². The lowest BCUT2D eigenvalue weighted by Gasteiger charge is -2.36. The second-order valence-corrected chi connectivity index (χ2v) is 7.55. The summed E-state index contributed by atoms with van der Waals surface area (Å²) in [6.07, 6.45) is 2.58. The molecular formula is C21H31F2N5O. The van der Waals surface area contributed by atoms with Gasteiger partial charge in [0, 0.05) is 52.4 Å². The van der Waals surface area contributed by atoms with Gasteiger partial charge in [0.15, 0.2) is 17.6 Å². The highest BCUT2D eigenvalue weighted by atomic mass is 19.2. The number of aliphatic imine (C=N–C) groups is 1. The summed E-state index contributed by atoms with van der Waals surface area (Å²) >= 11 is 0. The van der Waals surface area contributed by atoms with Crippen LogP contribution >= 0.6 is 0 Å². The number of piperazine rings is 1. The molecule has 6 nitrogen and oxygen atoms in total. The molecule has 0 unspecified atom stereocenters. The number of amides is 1. The van der Waals surface area contributed by atoms with Crippen LogP contribution in [0.1, 0.15) is 25.3 Å². The summed E-state index contributed by atoms with van der Waals surface area (Å²) < 4.78 is 27.1. The van der Waals surface area contributed by atoms with Gasteiger partial charge in [-0.15, -0.1) is 0 Å². The monoisotopic (exact) mass is 407 g/mol. The minimum absolute atomic E-state index is 0.230. The molecule has 2 aliphatic heterocycles. The highest BCUT2D eigenvalue weighted by Gasteiger charge is 2.24. The minimum atomic E-state index is -0.821. The number of guanidine groups is 1. The van der Waals surface area contributed by atoms with Gasteiger partial charge >= 0.3 is 0 Å². The largest absolute Gasteiger partial charge is 0.357 e. The molecule has 8 heteroatoms. The number of carbonyl (C=O) groups excluding carboxylic acids is 1. The number of halogens is 2. The quantitative estimate of drug-likeness (QED) is 0.576. The first-order chi connectivity index (χ1) is 14.1. The van der Waals surface area contributed by atoms with Crippen LogP contribution in [-0.4, -0.2) is 85.5 Å². The molecule has 0 aliphatic carbocycles. The van der Waals surface area contributed by atoms with Gasteiger partial charge in [0.2, 0.25) is 5.91 Å². The van der Waals surface area contributed by atoms with E-state index in [4.69, 9.17) is 0 Å². The first-order valence-electron chi connectivity index (χ1n) is 10.5. The molecule has 0 aromatic heterocycles. The van der Waals surface area contributed by atoms with Crippen LogP contribution in [0.4, 0.5) is 8.78 Å². The van der Waals surface area contributed by atoms with Crippen molar-refractivity contribution in [2.24, 2.45) is 4.99 Å². The molecule has 0 saturated carbocycles. The fraction of sp³-hybridized carbons (Fsp3) is 0.619. The van der Waals surface area contributed by atoms with Crippen molar-refractivity contribution in [3.05, 3.63) is 35.4 Å². The van der Waals surface area contributed by atoms with Crippen LogP contribution in [-0.2, 0) is 11.2 Å². The Balaban J connectivity index is 1.49. The maximum Gasteiger partial charge on any atom is 0.236 e. The Kier molecular flexibility index (Phi) is 7.80. The number of rotatable bonds is 6. The molecular weight excluding hydrogens is 376 g/mol. The molecule has 1 N–H and O–H groups in total. The zero-order valence-electron chi connectivity index (χ0n) is 17.2. The summed E-state index contributed by atoms with van der Waals surface area (Å²) in [7, 11) is 0. The molecule has 0 atom stereocenters. The molecule has 29 heavy (non-hydrogen) atoms. The average molecular weight is 408 g/mol. The number of benzene rings is 1. The van der Waals surface area contributed by atoms with Crippen LogP contribution in [0.25, 0.3) is 0 Å². The van der Waals surface area contributed by atoms with Crippen LogP contribution in [0.5, 0.6) is 0 Å². The van der Waals surface area contributed by atoms with Crippen molar-refractivity contribution in [3.8, 4) is 0 Å². The summed E-state index contributed by atoms with van der Waals surface area (Å²) in [5.41, 5.74) is 0.342. The smallest absolute Gasteiger partial charge is 0.236 e. The molecule has 1 amide bonds. The van der Waals surface area contributed by atoms with Gasteiger partial charge in [0.05, 0.1) is 6.54 Å². The molecule has 160 valence electrons. The highest BCUT2D eigenvalue weighted by Crippen LogP contribution is 2.12. The lowest BCUT2D eigenvalue weighted by molar-refractivity contribution is -0.131. The number of hydrogen-bond acceptors (Lipinski definition) is 3. The van der Waals surface area contributed by atoms with E-state index in [0.717, 1.165) is 70.7 Å². The van der Waals surface area contributed by atoms with Crippen LogP contribution in [0.15, 0.2) is 23.2 Å². The number of carbonyl (C=O) groups is 1. The fourth-order valence-corrected chi connectivity index (χ4v) is 3.83. The van der Waals surface area contributed by atoms with Crippen molar-refractivity contribution < 1.29 is 13.6 Å². The number of nitrogens with one attached hydrogen (secondary N) is 1. The summed E-state index contributed by atoms with van der Waals surface area (Å²) in [4.78, 5) is 23.3. The van der Waals surface area contributed by atoms with E-state index in [2.05, 4.69) is 20.1 Å². The third-order valence-corrected chi connectivity index (χ3v) is 5.50. The first-order valence-corrected chi connectivity index (χ1v) is 10.5. The molecule has 2 saturated heterocycles. The number of likely N-dealkylation sites (tertiary alicyclic amines) is 1. The van der Waals surface area contributed by atoms with Crippen molar-refractivity contribution in [3.63, 3.8) is 0 Å². The van der Waals surface area contributed by atoms with Crippen LogP contribution in [0.3, 0.4) is 0 Å². The van der Waals surface area contributed by atoms with Crippen molar-refractivity contribution >= 4 is 11.9 Å². The van der Waals surface area contributed by atoms with Gasteiger partial charge in [0.1, 0.15) is 0 Å². The molecule has 2 heterocycles. The van der Waals surface area contributed by atoms with Crippen molar-refractivity contribution in [2.45, 2.75) is 26.2 Å². The third kappa shape index (κ3) is 5.88. The zero-order valence-corrected chi connectivity index (χ0v) is 17.2. The second-order valence-electron chi connectivity index (χ2n) is 7.55. The molecule has 2 aliphatic rings. The van der Waals surface area contributed by atoms with E-state index in [1.807, 2.05) is 11.8 Å². The molecule has 0 bridgehead atoms. The minimum Gasteiger partial charge on any atom is -0.357 e. The Morgan fingerprint density at radius 3 is 2.48 bits per heavy atom. The predicted molar refractivity (Wildman–Crippen MR) is 110 cm³/mol. The van der Waals surface area contributed by atoms with E-state index in [0.29, 0.717) is 25.1 Å². The normalized spacial score (nSPS) is 18.4. The maximum absolute atomic E-state index is 13.8. The van der Waals surface area contributed by atoms with Gasteiger partial charge in [-0.1, -0.05) is 12.1 Å². The van der Waals surface area contributed by atoms with Crippen molar-refractivity contribution in [2.75, 3.05) is 58.9 Å². The molecule has 1 aromatic carbocycles. The number of nitrogens with zero attached hydrogens (tertiary/aromatic N) is 4. The zero-order chi connectivity index (χ0) is 20.6. The third-order valence-electron chi connectivity index (χ3n) is 5.50. The van der Waals surface area contributed by atoms with E-state index in [-0.39, 0.29) is 5.91 Å². The van der Waals surface area contributed by atoms with Gasteiger partial charge < -0.3 is 15.1 Å². The van der Waals surface area contributed by atoms with Gasteiger partial charge in [0.25, 0.3) is 0 Å². The standard InChI is InChI=1S/C21H31F2N5O/c1-2-24-21(25-9-8-17-6-5-7-18(22)20(17)23)28-14-12-26(13-15-28)16-19(29)27-10-3-4-11-27/h5-7H,2-4,8-16H2,1H3,(H,24,25). The molecule has 1 aromatic rings. The summed E-state index contributed by atoms with van der Waals surface area (Å²) in [6.45, 7) is 8.58. The predicted octanol–water partition coefficient (Wildman–Crippen LogP) is 1.71. The number of hydrogen-bond donors (Lipinski definition) is 1. The summed E-state index contributed by atoms with van der Waals surface area (Å²) in [6, 6.07) is 4.24. The maximum atomic E-state index is 13.8. The summed E-state index contributed by atoms with van der Waals surface area (Å²) in [5, 5.41) is 3.28. The molecule has 0 radical (unpaired) electrons. The lowest BCUT2D eigenvalue weighted by Crippen LogP contribution is -2.54. The fourth-order valence-electron chi connectivity index (χ4n) is 3.83. The van der Waals surface area contributed by atoms with Crippen LogP contribution in [0, 0.1) is 11.6 Å². The Bertz CT molecular complexity index is 713. The second kappa shape index (κ2) is 10.5. The van der Waals surface area contributed by atoms with Gasteiger partial charge in [-0.25, -0.2) is 8.78 Å². The lowest BCUT2D eigenvalue weighted by atomic mass is 10.1. The van der Waals surface area contributed by atoms with Gasteiger partial charge in [-0.3, -0.25) is 14.7 Å². The van der Waals surface area contributed by atoms with Gasteiger partial charge in [-0.05, 0) is 37.8 Å². The van der Waals surface area contributed by atoms with Crippen molar-refractivity contribution in [1.82, 2.24) is 20.0 Å². The SMILES string of the molecule is CCNC(=NCCc1cccc(F)c1F)N1CCN(CC(=O)N2CCCC2)CC1. The molecule has 0 spiro atoms. The molecule has 2 fully saturated rings. The van der Waals surface area contributed by atoms with E-state index in [9.17, 15) is 13.6 Å². The van der Waals surface area contributed by atoms with E-state index < -0.39 is 11.6 Å². The van der Waals surface area contributed by atoms with E-state index >= 15 is 0 Å². The topological polar surface area (TPSA) is 51.2 Å². The average Bonchev–Trinajstić information content (AvgIpc) is 3.26. The van der Waals surface area contributed by atoms with Crippen molar-refractivity contribution in [1.29, 1.82) is 0 Å². The summed E-state index contributed by atoms with van der Waals surface area (Å²) in [5.74, 6) is -0.592. The molecule has 3 rings (SSSR count).